The number of hydrogen-bond acceptors (Lipinski definition) is 18. The molecule has 0 amide bonds. The van der Waals surface area contributed by atoms with E-state index in [9.17, 15) is 28.8 Å². The zero-order valence-corrected chi connectivity index (χ0v) is 41.7. The van der Waals surface area contributed by atoms with Crippen molar-refractivity contribution in [2.45, 2.75) is 51.4 Å². The molecular formula is C54H48N12O10. The van der Waals surface area contributed by atoms with Gasteiger partial charge in [-0.05, 0) is 48.5 Å². The van der Waals surface area contributed by atoms with E-state index in [4.69, 9.17) is 18.9 Å². The number of carbonyl (C=O) groups is 6. The number of Topliss-reactive ketones (excluding diaryl/α,β-unsaturated/α-hetero) is 2. The van der Waals surface area contributed by atoms with Gasteiger partial charge in [-0.25, -0.2) is 18.7 Å². The van der Waals surface area contributed by atoms with E-state index >= 15 is 0 Å². The van der Waals surface area contributed by atoms with Gasteiger partial charge in [0, 0.05) is 51.4 Å². The van der Waals surface area contributed by atoms with Crippen LogP contribution < -0.4 is 0 Å². The van der Waals surface area contributed by atoms with Gasteiger partial charge in [-0.1, -0.05) is 93.6 Å². The average Bonchev–Trinajstić information content (AvgIpc) is 4.22. The number of rotatable bonds is 8. The molecule has 0 N–H and O–H groups in total. The Kier molecular flexibility index (Phi) is 12.1. The molecule has 4 bridgehead atoms. The van der Waals surface area contributed by atoms with Crippen LogP contribution in [-0.2, 0) is 99.1 Å². The Balaban J connectivity index is 0.000000162. The van der Waals surface area contributed by atoms with Gasteiger partial charge in [0.05, 0.1) is 96.7 Å². The van der Waals surface area contributed by atoms with Gasteiger partial charge < -0.3 is 18.9 Å². The number of ketones is 2. The van der Waals surface area contributed by atoms with Crippen LogP contribution in [0.5, 0.6) is 0 Å². The lowest BCUT2D eigenvalue weighted by molar-refractivity contribution is -0.170. The van der Waals surface area contributed by atoms with Crippen molar-refractivity contribution in [3.63, 3.8) is 0 Å². The lowest BCUT2D eigenvalue weighted by Crippen LogP contribution is -2.54. The highest BCUT2D eigenvalue weighted by atomic mass is 16.5. The van der Waals surface area contributed by atoms with E-state index in [1.165, 1.54) is 28.4 Å². The number of nitrogens with zero attached hydrogens (tertiary/aromatic N) is 12. The predicted octanol–water partition coefficient (Wildman–Crippen LogP) is 3.27. The second kappa shape index (κ2) is 18.9. The Labute approximate surface area is 432 Å². The lowest BCUT2D eigenvalue weighted by atomic mass is 9.66. The Hall–Kier alpha value is -9.34. The number of ether oxygens (including phenoxy) is 4. The molecule has 12 rings (SSSR count). The standard InChI is InChI=1S/2C27H24N6O5/c1-37-24(35)26-13-19-22(33(30-28-19)18-11-7-4-8-12-18)16-27(23(26)34,25(36)38-2)14-20-21(15-26)32(31-29-20)17-9-5-3-6-10-17;1-37-24(35)26-13-19-21(32(30-28-19)17-9-5-3-6-10-17)15-27(23(26)34,25(36)38-2)16-22-20(14-26)29-31-33(22)18-11-7-4-8-12-18/h2*3-12H,13-16H2,1-2H3/t26-,27-;/m0./s1. The van der Waals surface area contributed by atoms with Crippen LogP contribution in [0.2, 0.25) is 0 Å². The van der Waals surface area contributed by atoms with E-state index < -0.39 is 57.1 Å². The second-order valence-corrected chi connectivity index (χ2v) is 19.3. The maximum atomic E-state index is 14.6. The third-order valence-electron chi connectivity index (χ3n) is 15.2. The molecule has 22 nitrogen and oxygen atoms in total. The minimum absolute atomic E-state index is 0.0755. The highest BCUT2D eigenvalue weighted by Crippen LogP contribution is 2.51. The fourth-order valence-electron chi connectivity index (χ4n) is 11.5. The van der Waals surface area contributed by atoms with E-state index in [2.05, 4.69) is 41.2 Å². The molecule has 0 fully saturated rings. The molecule has 0 saturated carbocycles. The molecule has 4 heterocycles. The Morgan fingerprint density at radius 1 is 0.342 bits per heavy atom. The molecule has 384 valence electrons. The van der Waals surface area contributed by atoms with Crippen molar-refractivity contribution in [1.82, 2.24) is 60.0 Å². The lowest BCUT2D eigenvalue weighted by Gasteiger charge is -2.34. The predicted molar refractivity (Wildman–Crippen MR) is 263 cm³/mol. The molecule has 0 radical (unpaired) electrons. The number of aromatic nitrogens is 12. The number of para-hydroxylation sites is 4. The third-order valence-corrected chi connectivity index (χ3v) is 15.2. The highest BCUT2D eigenvalue weighted by molar-refractivity contribution is 6.17. The summed E-state index contributed by atoms with van der Waals surface area (Å²) in [5.74, 6) is -4.17. The smallest absolute Gasteiger partial charge is 0.320 e. The molecule has 4 aliphatic rings. The fourth-order valence-corrected chi connectivity index (χ4v) is 11.5. The van der Waals surface area contributed by atoms with Crippen LogP contribution in [0.25, 0.3) is 22.7 Å². The summed E-state index contributed by atoms with van der Waals surface area (Å²) in [6.45, 7) is 0. The van der Waals surface area contributed by atoms with Crippen LogP contribution in [0.3, 0.4) is 0 Å². The monoisotopic (exact) mass is 1020 g/mol. The quantitative estimate of drug-likeness (QED) is 0.120. The summed E-state index contributed by atoms with van der Waals surface area (Å²) >= 11 is 0. The minimum Gasteiger partial charge on any atom is -0.468 e. The molecule has 22 heteroatoms. The molecule has 4 aliphatic carbocycles. The Morgan fingerprint density at radius 3 is 0.750 bits per heavy atom. The van der Waals surface area contributed by atoms with E-state index in [0.29, 0.717) is 68.3 Å². The van der Waals surface area contributed by atoms with Crippen LogP contribution in [0.4, 0.5) is 0 Å². The van der Waals surface area contributed by atoms with Gasteiger partial charge >= 0.3 is 23.9 Å². The molecule has 4 aromatic heterocycles. The highest BCUT2D eigenvalue weighted by Gasteiger charge is 2.66. The summed E-state index contributed by atoms with van der Waals surface area (Å²) in [4.78, 5) is 83.7. The summed E-state index contributed by atoms with van der Waals surface area (Å²) in [5.41, 5.74) is -0.233. The van der Waals surface area contributed by atoms with Gasteiger partial charge in [0.2, 0.25) is 0 Å². The summed E-state index contributed by atoms with van der Waals surface area (Å²) in [6.07, 6.45) is -0.703. The van der Waals surface area contributed by atoms with Gasteiger partial charge in [-0.2, -0.15) is 0 Å². The molecule has 0 aliphatic heterocycles. The summed E-state index contributed by atoms with van der Waals surface area (Å²) < 4.78 is 27.4. The second-order valence-electron chi connectivity index (χ2n) is 19.3. The van der Waals surface area contributed by atoms with Crippen molar-refractivity contribution >= 4 is 35.4 Å². The number of hydrogen-bond donors (Lipinski definition) is 0. The van der Waals surface area contributed by atoms with Gasteiger partial charge in [0.25, 0.3) is 0 Å². The molecule has 0 saturated heterocycles. The van der Waals surface area contributed by atoms with Crippen molar-refractivity contribution in [2.24, 2.45) is 21.7 Å². The van der Waals surface area contributed by atoms with E-state index in [1.54, 1.807) is 18.7 Å². The van der Waals surface area contributed by atoms with Crippen LogP contribution in [0.15, 0.2) is 121 Å². The van der Waals surface area contributed by atoms with Crippen LogP contribution in [0.1, 0.15) is 45.6 Å². The summed E-state index contributed by atoms with van der Waals surface area (Å²) in [5, 5.41) is 34.9. The zero-order chi connectivity index (χ0) is 53.0. The first-order valence-electron chi connectivity index (χ1n) is 24.3. The molecule has 4 aromatic carbocycles. The maximum absolute atomic E-state index is 14.6. The largest absolute Gasteiger partial charge is 0.468 e. The molecular weight excluding hydrogens is 977 g/mol. The fraction of sp³-hybridized carbons (Fsp3) is 0.296. The average molecular weight is 1030 g/mol. The van der Waals surface area contributed by atoms with Crippen LogP contribution >= 0.6 is 0 Å². The molecule has 76 heavy (non-hydrogen) atoms. The van der Waals surface area contributed by atoms with E-state index in [1.807, 2.05) is 121 Å². The van der Waals surface area contributed by atoms with Crippen molar-refractivity contribution in [3.8, 4) is 22.7 Å². The normalized spacial score (nSPS) is 22.0. The first kappa shape index (κ1) is 48.9. The van der Waals surface area contributed by atoms with Crippen LogP contribution in [-0.4, -0.2) is 124 Å². The van der Waals surface area contributed by atoms with Crippen molar-refractivity contribution < 1.29 is 47.7 Å². The van der Waals surface area contributed by atoms with Gasteiger partial charge in [0.1, 0.15) is 21.7 Å². The van der Waals surface area contributed by atoms with Crippen LogP contribution in [0, 0.1) is 21.7 Å². The number of methoxy groups -OCH3 is 4. The van der Waals surface area contributed by atoms with Gasteiger partial charge in [0.15, 0.2) is 11.6 Å². The number of fused-ring (bicyclic) bond motifs is 8. The molecule has 0 spiro atoms. The summed E-state index contributed by atoms with van der Waals surface area (Å²) in [7, 11) is 4.93. The SMILES string of the molecule is COC(=O)C12Cc3nnn(-c4ccccc4)c3CC(C(=O)OC)(Cc3c(nnn3-c3ccccc3)C1)C2=O.COC(=O)[C@@]12Cc3nnn(-c4ccccc4)c3C[C@@](C(=O)OC)(Cc3nnn(-c4ccccc4)c3C1)C2=O. The first-order chi connectivity index (χ1) is 36.9. The first-order valence-corrected chi connectivity index (χ1v) is 24.3. The molecule has 2 atom stereocenters. The minimum atomic E-state index is -1.78. The number of esters is 4. The Morgan fingerprint density at radius 2 is 0.539 bits per heavy atom. The maximum Gasteiger partial charge on any atom is 0.320 e. The third kappa shape index (κ3) is 7.52. The zero-order valence-electron chi connectivity index (χ0n) is 41.7. The number of benzene rings is 4. The molecule has 8 aromatic rings. The van der Waals surface area contributed by atoms with Gasteiger partial charge in [-0.15, -0.1) is 20.4 Å². The summed E-state index contributed by atoms with van der Waals surface area (Å²) in [6, 6.07) is 37.2. The van der Waals surface area contributed by atoms with Crippen molar-refractivity contribution in [1.29, 1.82) is 0 Å². The van der Waals surface area contributed by atoms with Gasteiger partial charge in [-0.3, -0.25) is 28.8 Å². The Bertz CT molecular complexity index is 3390. The molecule has 0 unspecified atom stereocenters. The topological polar surface area (TPSA) is 262 Å². The van der Waals surface area contributed by atoms with E-state index in [-0.39, 0.29) is 51.4 Å². The van der Waals surface area contributed by atoms with E-state index in [0.717, 1.165) is 0 Å². The number of carbonyl (C=O) groups excluding carboxylic acids is 6. The van der Waals surface area contributed by atoms with Crippen molar-refractivity contribution in [2.75, 3.05) is 28.4 Å². The van der Waals surface area contributed by atoms with Crippen molar-refractivity contribution in [3.05, 3.63) is 167 Å².